The van der Waals surface area contributed by atoms with Gasteiger partial charge in [-0.15, -0.1) is 6.58 Å². The summed E-state index contributed by atoms with van der Waals surface area (Å²) < 4.78 is 26.4. The van der Waals surface area contributed by atoms with Crippen LogP contribution in [0.25, 0.3) is 0 Å². The Labute approximate surface area is 115 Å². The number of carbonyl (C=O) groups is 2. The van der Waals surface area contributed by atoms with Gasteiger partial charge >= 0.3 is 5.97 Å². The van der Waals surface area contributed by atoms with Gasteiger partial charge in [0.15, 0.2) is 11.6 Å². The van der Waals surface area contributed by atoms with Crippen molar-refractivity contribution < 1.29 is 23.5 Å². The molecule has 1 rings (SSSR count). The second kappa shape index (κ2) is 6.79. The molecule has 0 fully saturated rings. The van der Waals surface area contributed by atoms with Gasteiger partial charge in [-0.3, -0.25) is 4.79 Å². The van der Waals surface area contributed by atoms with Gasteiger partial charge in [-0.25, -0.2) is 13.6 Å². The Morgan fingerprint density at radius 1 is 1.30 bits per heavy atom. The van der Waals surface area contributed by atoms with Crippen LogP contribution in [-0.4, -0.2) is 35.0 Å². The molecule has 0 aliphatic heterocycles. The van der Waals surface area contributed by atoms with Gasteiger partial charge in [0, 0.05) is 13.1 Å². The summed E-state index contributed by atoms with van der Waals surface area (Å²) in [4.78, 5) is 24.6. The maximum atomic E-state index is 13.3. The predicted octanol–water partition coefficient (Wildman–Crippen LogP) is 2.70. The molecule has 0 saturated carbocycles. The van der Waals surface area contributed by atoms with E-state index in [2.05, 4.69) is 6.58 Å². The molecule has 0 saturated heterocycles. The fraction of sp³-hybridized carbons (Fsp3) is 0.286. The molecule has 20 heavy (non-hydrogen) atoms. The van der Waals surface area contributed by atoms with Gasteiger partial charge in [0.05, 0.1) is 11.1 Å². The summed E-state index contributed by atoms with van der Waals surface area (Å²) in [6.45, 7) is 5.91. The number of nitrogens with zero attached hydrogens (tertiary/aromatic N) is 1. The zero-order valence-electron chi connectivity index (χ0n) is 11.0. The normalized spacial score (nSPS) is 10.2. The molecule has 0 heterocycles. The fourth-order valence-electron chi connectivity index (χ4n) is 1.77. The topological polar surface area (TPSA) is 57.6 Å². The second-order valence-corrected chi connectivity index (χ2v) is 4.16. The van der Waals surface area contributed by atoms with E-state index < -0.39 is 29.1 Å². The van der Waals surface area contributed by atoms with E-state index in [-0.39, 0.29) is 12.1 Å². The van der Waals surface area contributed by atoms with Crippen LogP contribution in [0.3, 0.4) is 0 Å². The van der Waals surface area contributed by atoms with Gasteiger partial charge in [0.1, 0.15) is 0 Å². The smallest absolute Gasteiger partial charge is 0.336 e. The van der Waals surface area contributed by atoms with Crippen LogP contribution in [0.5, 0.6) is 0 Å². The number of halogens is 2. The molecule has 0 spiro atoms. The average Bonchev–Trinajstić information content (AvgIpc) is 2.40. The van der Waals surface area contributed by atoms with Crippen molar-refractivity contribution in [2.24, 2.45) is 0 Å². The van der Waals surface area contributed by atoms with E-state index in [0.29, 0.717) is 25.1 Å². The number of carboxylic acids is 1. The molecule has 6 heteroatoms. The predicted molar refractivity (Wildman–Crippen MR) is 69.7 cm³/mol. The molecule has 0 aliphatic rings. The average molecular weight is 283 g/mol. The third-order valence-corrected chi connectivity index (χ3v) is 2.65. The molecule has 0 atom stereocenters. The first-order valence-corrected chi connectivity index (χ1v) is 6.04. The minimum absolute atomic E-state index is 0.199. The maximum Gasteiger partial charge on any atom is 0.336 e. The van der Waals surface area contributed by atoms with Crippen molar-refractivity contribution in [1.82, 2.24) is 4.90 Å². The van der Waals surface area contributed by atoms with Crippen molar-refractivity contribution in [3.8, 4) is 0 Å². The lowest BCUT2D eigenvalue weighted by Gasteiger charge is -2.21. The Balaban J connectivity index is 3.28. The summed E-state index contributed by atoms with van der Waals surface area (Å²) >= 11 is 0. The Hall–Kier alpha value is -2.24. The third-order valence-electron chi connectivity index (χ3n) is 2.65. The van der Waals surface area contributed by atoms with Crippen molar-refractivity contribution >= 4 is 11.9 Å². The number of benzene rings is 1. The fourth-order valence-corrected chi connectivity index (χ4v) is 1.77. The second-order valence-electron chi connectivity index (χ2n) is 4.16. The minimum atomic E-state index is -1.48. The summed E-state index contributed by atoms with van der Waals surface area (Å²) in [6, 6.07) is 1.13. The minimum Gasteiger partial charge on any atom is -0.478 e. The number of amides is 1. The first kappa shape index (κ1) is 15.8. The van der Waals surface area contributed by atoms with Gasteiger partial charge in [0.25, 0.3) is 5.91 Å². The van der Waals surface area contributed by atoms with Crippen molar-refractivity contribution in [2.45, 2.75) is 13.3 Å². The number of aromatic carboxylic acids is 1. The van der Waals surface area contributed by atoms with Crippen LogP contribution in [0.4, 0.5) is 8.78 Å². The lowest BCUT2D eigenvalue weighted by molar-refractivity contribution is 0.0677. The highest BCUT2D eigenvalue weighted by atomic mass is 19.2. The third kappa shape index (κ3) is 3.40. The highest BCUT2D eigenvalue weighted by Gasteiger charge is 2.23. The van der Waals surface area contributed by atoms with Crippen LogP contribution in [-0.2, 0) is 0 Å². The van der Waals surface area contributed by atoms with Crippen molar-refractivity contribution in [3.63, 3.8) is 0 Å². The first-order valence-electron chi connectivity index (χ1n) is 6.04. The van der Waals surface area contributed by atoms with Crippen molar-refractivity contribution in [1.29, 1.82) is 0 Å². The molecule has 0 aliphatic carbocycles. The van der Waals surface area contributed by atoms with E-state index in [1.54, 1.807) is 0 Å². The summed E-state index contributed by atoms with van der Waals surface area (Å²) in [5, 5.41) is 8.99. The lowest BCUT2D eigenvalue weighted by Crippen LogP contribution is -2.33. The highest BCUT2D eigenvalue weighted by Crippen LogP contribution is 2.17. The molecule has 0 aromatic heterocycles. The Bertz CT molecular complexity index is 543. The number of carboxylic acid groups (broad SMARTS) is 1. The molecule has 1 aromatic rings. The Morgan fingerprint density at radius 3 is 2.30 bits per heavy atom. The van der Waals surface area contributed by atoms with E-state index in [4.69, 9.17) is 5.11 Å². The van der Waals surface area contributed by atoms with Gasteiger partial charge in [-0.1, -0.05) is 13.0 Å². The zero-order chi connectivity index (χ0) is 15.3. The lowest BCUT2D eigenvalue weighted by atomic mass is 10.1. The van der Waals surface area contributed by atoms with Crippen molar-refractivity contribution in [2.75, 3.05) is 13.1 Å². The number of hydrogen-bond donors (Lipinski definition) is 1. The largest absolute Gasteiger partial charge is 0.478 e. The van der Waals surface area contributed by atoms with Gasteiger partial charge in [-0.2, -0.15) is 0 Å². The maximum absolute atomic E-state index is 13.3. The molecular formula is C14H15F2NO3. The molecular weight excluding hydrogens is 268 g/mol. The number of hydrogen-bond acceptors (Lipinski definition) is 2. The van der Waals surface area contributed by atoms with Gasteiger partial charge < -0.3 is 10.0 Å². The van der Waals surface area contributed by atoms with Crippen LogP contribution in [0.1, 0.15) is 34.1 Å². The number of rotatable bonds is 6. The Kier molecular flexibility index (Phi) is 5.37. The van der Waals surface area contributed by atoms with E-state index in [1.807, 2.05) is 6.92 Å². The molecule has 0 radical (unpaired) electrons. The Morgan fingerprint density at radius 2 is 1.85 bits per heavy atom. The van der Waals surface area contributed by atoms with Crippen LogP contribution in [0.2, 0.25) is 0 Å². The quantitative estimate of drug-likeness (QED) is 0.817. The van der Waals surface area contributed by atoms with E-state index in [1.165, 1.54) is 11.0 Å². The van der Waals surface area contributed by atoms with E-state index in [9.17, 15) is 18.4 Å². The monoisotopic (exact) mass is 283 g/mol. The SMILES string of the molecule is C=CCN(CCC)C(=O)c1cc(F)c(F)cc1C(=O)O. The van der Waals surface area contributed by atoms with Crippen LogP contribution in [0, 0.1) is 11.6 Å². The molecule has 4 nitrogen and oxygen atoms in total. The standard InChI is InChI=1S/C14H15F2NO3/c1-3-5-17(6-4-2)13(18)9-7-11(15)12(16)8-10(9)14(19)20/h3,7-8H,1,4-6H2,2H3,(H,19,20). The molecule has 1 N–H and O–H groups in total. The highest BCUT2D eigenvalue weighted by molar-refractivity contribution is 6.04. The number of carbonyl (C=O) groups excluding carboxylic acids is 1. The van der Waals surface area contributed by atoms with E-state index in [0.717, 1.165) is 0 Å². The molecule has 1 amide bonds. The molecule has 1 aromatic carbocycles. The van der Waals surface area contributed by atoms with E-state index >= 15 is 0 Å². The van der Waals surface area contributed by atoms with Crippen LogP contribution in [0.15, 0.2) is 24.8 Å². The summed E-state index contributed by atoms with van der Waals surface area (Å²) in [7, 11) is 0. The first-order chi connectivity index (χ1) is 9.42. The summed E-state index contributed by atoms with van der Waals surface area (Å²) in [5.41, 5.74) is -0.925. The molecule has 0 unspecified atom stereocenters. The zero-order valence-corrected chi connectivity index (χ0v) is 11.0. The van der Waals surface area contributed by atoms with Gasteiger partial charge in [0.2, 0.25) is 0 Å². The van der Waals surface area contributed by atoms with Crippen LogP contribution < -0.4 is 0 Å². The molecule has 108 valence electrons. The van der Waals surface area contributed by atoms with Crippen LogP contribution >= 0.6 is 0 Å². The van der Waals surface area contributed by atoms with Crippen molar-refractivity contribution in [3.05, 3.63) is 47.5 Å². The summed E-state index contributed by atoms with van der Waals surface area (Å²) in [5.74, 6) is -4.71. The summed E-state index contributed by atoms with van der Waals surface area (Å²) in [6.07, 6.45) is 2.12. The molecule has 0 bridgehead atoms. The van der Waals surface area contributed by atoms with Gasteiger partial charge in [-0.05, 0) is 18.6 Å².